The van der Waals surface area contributed by atoms with Crippen LogP contribution in [0.3, 0.4) is 0 Å². The van der Waals surface area contributed by atoms with Gasteiger partial charge < -0.3 is 14.2 Å². The van der Waals surface area contributed by atoms with Gasteiger partial charge in [-0.3, -0.25) is 0 Å². The molecule has 0 aromatic heterocycles. The maximum atomic E-state index is 5.54. The molecule has 0 saturated heterocycles. The summed E-state index contributed by atoms with van der Waals surface area (Å²) < 4.78 is 15.9. The van der Waals surface area contributed by atoms with Crippen LogP contribution in [0.4, 0.5) is 0 Å². The van der Waals surface area contributed by atoms with Crippen LogP contribution < -0.4 is 9.47 Å². The molecule has 0 bridgehead atoms. The molecule has 0 aliphatic carbocycles. The van der Waals surface area contributed by atoms with Gasteiger partial charge in [0.25, 0.3) is 0 Å². The first-order chi connectivity index (χ1) is 9.83. The fraction of sp³-hybridized carbons (Fsp3) is 0.294. The molecule has 0 heterocycles. The summed E-state index contributed by atoms with van der Waals surface area (Å²) in [5.41, 5.74) is 2.32. The maximum Gasteiger partial charge on any atom is 0.119 e. The minimum Gasteiger partial charge on any atom is -0.494 e. The van der Waals surface area contributed by atoms with Gasteiger partial charge in [-0.05, 0) is 42.3 Å². The SMILES string of the molecule is CCOc1ccc(-c2ccc(OCCOC)cc2)cc1. The van der Waals surface area contributed by atoms with Crippen LogP contribution in [0.1, 0.15) is 6.92 Å². The van der Waals surface area contributed by atoms with E-state index in [9.17, 15) is 0 Å². The van der Waals surface area contributed by atoms with Crippen molar-refractivity contribution in [3.05, 3.63) is 48.5 Å². The Morgan fingerprint density at radius 2 is 1.20 bits per heavy atom. The second-order valence-electron chi connectivity index (χ2n) is 4.32. The third-order valence-electron chi connectivity index (χ3n) is 2.91. The molecule has 0 aliphatic rings. The first kappa shape index (κ1) is 14.4. The molecule has 3 nitrogen and oxygen atoms in total. The standard InChI is InChI=1S/C17H20O3/c1-3-19-16-8-4-14(5-9-16)15-6-10-17(11-7-15)20-13-12-18-2/h4-11H,3,12-13H2,1-2H3. The van der Waals surface area contributed by atoms with E-state index >= 15 is 0 Å². The van der Waals surface area contributed by atoms with E-state index in [4.69, 9.17) is 14.2 Å². The van der Waals surface area contributed by atoms with Gasteiger partial charge in [0, 0.05) is 7.11 Å². The normalized spacial score (nSPS) is 10.3. The highest BCUT2D eigenvalue weighted by Gasteiger charge is 2.00. The van der Waals surface area contributed by atoms with Crippen LogP contribution in [0.15, 0.2) is 48.5 Å². The molecule has 0 aliphatic heterocycles. The molecule has 0 saturated carbocycles. The van der Waals surface area contributed by atoms with Crippen molar-refractivity contribution in [2.75, 3.05) is 26.9 Å². The van der Waals surface area contributed by atoms with E-state index in [0.29, 0.717) is 19.8 Å². The zero-order valence-electron chi connectivity index (χ0n) is 12.0. The number of ether oxygens (including phenoxy) is 3. The Balaban J connectivity index is 2.01. The van der Waals surface area contributed by atoms with E-state index in [2.05, 4.69) is 24.3 Å². The van der Waals surface area contributed by atoms with E-state index in [1.165, 1.54) is 0 Å². The molecule has 2 rings (SSSR count). The summed E-state index contributed by atoms with van der Waals surface area (Å²) in [5.74, 6) is 1.76. The Kier molecular flexibility index (Phi) is 5.44. The molecule has 0 unspecified atom stereocenters. The van der Waals surface area contributed by atoms with Crippen molar-refractivity contribution < 1.29 is 14.2 Å². The van der Waals surface area contributed by atoms with Crippen molar-refractivity contribution >= 4 is 0 Å². The number of methoxy groups -OCH3 is 1. The molecule has 2 aromatic rings. The number of rotatable bonds is 7. The highest BCUT2D eigenvalue weighted by atomic mass is 16.5. The summed E-state index contributed by atoms with van der Waals surface area (Å²) in [7, 11) is 1.67. The quantitative estimate of drug-likeness (QED) is 0.718. The lowest BCUT2D eigenvalue weighted by Crippen LogP contribution is -2.03. The molecule has 0 spiro atoms. The molecular weight excluding hydrogens is 252 g/mol. The van der Waals surface area contributed by atoms with E-state index < -0.39 is 0 Å². The summed E-state index contributed by atoms with van der Waals surface area (Å²) in [6.45, 7) is 3.84. The van der Waals surface area contributed by atoms with Crippen molar-refractivity contribution in [1.82, 2.24) is 0 Å². The van der Waals surface area contributed by atoms with Gasteiger partial charge in [-0.15, -0.1) is 0 Å². The third kappa shape index (κ3) is 4.00. The summed E-state index contributed by atoms with van der Waals surface area (Å²) in [6, 6.07) is 16.2. The van der Waals surface area contributed by atoms with Gasteiger partial charge in [0.05, 0.1) is 13.2 Å². The van der Waals surface area contributed by atoms with Gasteiger partial charge in [-0.25, -0.2) is 0 Å². The van der Waals surface area contributed by atoms with Crippen LogP contribution in [-0.2, 0) is 4.74 Å². The smallest absolute Gasteiger partial charge is 0.119 e. The van der Waals surface area contributed by atoms with Crippen LogP contribution in [-0.4, -0.2) is 26.9 Å². The van der Waals surface area contributed by atoms with Crippen LogP contribution in [0.5, 0.6) is 11.5 Å². The average Bonchev–Trinajstić information content (AvgIpc) is 2.49. The molecule has 0 N–H and O–H groups in total. The highest BCUT2D eigenvalue weighted by molar-refractivity contribution is 5.64. The van der Waals surface area contributed by atoms with Crippen molar-refractivity contribution in [2.45, 2.75) is 6.92 Å². The largest absolute Gasteiger partial charge is 0.494 e. The minimum atomic E-state index is 0.568. The summed E-state index contributed by atoms with van der Waals surface area (Å²) >= 11 is 0. The van der Waals surface area contributed by atoms with Crippen LogP contribution in [0.2, 0.25) is 0 Å². The molecular formula is C17H20O3. The number of benzene rings is 2. The van der Waals surface area contributed by atoms with Gasteiger partial charge in [0.15, 0.2) is 0 Å². The van der Waals surface area contributed by atoms with E-state index in [0.717, 1.165) is 22.6 Å². The maximum absolute atomic E-state index is 5.54. The molecule has 0 atom stereocenters. The monoisotopic (exact) mass is 272 g/mol. The zero-order valence-corrected chi connectivity index (χ0v) is 12.0. The summed E-state index contributed by atoms with van der Waals surface area (Å²) in [5, 5.41) is 0. The predicted molar refractivity (Wildman–Crippen MR) is 80.4 cm³/mol. The Morgan fingerprint density at radius 1 is 0.700 bits per heavy atom. The molecule has 0 fully saturated rings. The van der Waals surface area contributed by atoms with Crippen molar-refractivity contribution in [3.8, 4) is 22.6 Å². The Hall–Kier alpha value is -2.00. The lowest BCUT2D eigenvalue weighted by Gasteiger charge is -2.08. The summed E-state index contributed by atoms with van der Waals surface area (Å²) in [6.07, 6.45) is 0. The second-order valence-corrected chi connectivity index (χ2v) is 4.32. The van der Waals surface area contributed by atoms with Crippen LogP contribution in [0.25, 0.3) is 11.1 Å². The predicted octanol–water partition coefficient (Wildman–Crippen LogP) is 3.78. The Morgan fingerprint density at radius 3 is 1.65 bits per heavy atom. The third-order valence-corrected chi connectivity index (χ3v) is 2.91. The second kappa shape index (κ2) is 7.56. The van der Waals surface area contributed by atoms with Crippen molar-refractivity contribution in [2.24, 2.45) is 0 Å². The molecule has 2 aromatic carbocycles. The van der Waals surface area contributed by atoms with Crippen molar-refractivity contribution in [1.29, 1.82) is 0 Å². The number of hydrogen-bond donors (Lipinski definition) is 0. The highest BCUT2D eigenvalue weighted by Crippen LogP contribution is 2.24. The molecule has 20 heavy (non-hydrogen) atoms. The fourth-order valence-corrected chi connectivity index (χ4v) is 1.90. The Labute approximate surface area is 120 Å². The van der Waals surface area contributed by atoms with E-state index in [-0.39, 0.29) is 0 Å². The fourth-order valence-electron chi connectivity index (χ4n) is 1.90. The van der Waals surface area contributed by atoms with Crippen LogP contribution in [0, 0.1) is 0 Å². The van der Waals surface area contributed by atoms with Gasteiger partial charge >= 0.3 is 0 Å². The average molecular weight is 272 g/mol. The zero-order chi connectivity index (χ0) is 14.2. The molecule has 0 amide bonds. The molecule has 3 heteroatoms. The van der Waals surface area contributed by atoms with Gasteiger partial charge in [0.2, 0.25) is 0 Å². The first-order valence-corrected chi connectivity index (χ1v) is 6.78. The Bertz CT molecular complexity index is 503. The van der Waals surface area contributed by atoms with Gasteiger partial charge in [0.1, 0.15) is 18.1 Å². The minimum absolute atomic E-state index is 0.568. The van der Waals surface area contributed by atoms with Gasteiger partial charge in [-0.2, -0.15) is 0 Å². The van der Waals surface area contributed by atoms with E-state index in [1.54, 1.807) is 7.11 Å². The lowest BCUT2D eigenvalue weighted by molar-refractivity contribution is 0.146. The van der Waals surface area contributed by atoms with Crippen LogP contribution >= 0.6 is 0 Å². The molecule has 0 radical (unpaired) electrons. The van der Waals surface area contributed by atoms with Gasteiger partial charge in [-0.1, -0.05) is 24.3 Å². The first-order valence-electron chi connectivity index (χ1n) is 6.78. The summed E-state index contributed by atoms with van der Waals surface area (Å²) in [4.78, 5) is 0. The topological polar surface area (TPSA) is 27.7 Å². The number of hydrogen-bond acceptors (Lipinski definition) is 3. The van der Waals surface area contributed by atoms with Crippen molar-refractivity contribution in [3.63, 3.8) is 0 Å². The molecule has 106 valence electrons. The lowest BCUT2D eigenvalue weighted by atomic mass is 10.1. The van der Waals surface area contributed by atoms with E-state index in [1.807, 2.05) is 31.2 Å².